The number of carboxylic acid groups (broad SMARTS) is 1. The Bertz CT molecular complexity index is 649. The molecular weight excluding hydrogens is 337 g/mol. The van der Waals surface area contributed by atoms with Crippen LogP contribution in [0.2, 0.25) is 10.0 Å². The van der Waals surface area contributed by atoms with E-state index in [0.29, 0.717) is 23.0 Å². The Morgan fingerprint density at radius 2 is 2.00 bits per heavy atom. The molecule has 1 saturated heterocycles. The molecule has 1 aromatic rings. The number of carboxylic acids is 1. The minimum atomic E-state index is -0.817. The molecule has 1 saturated carbocycles. The molecular formula is C17H19Cl2NO3. The first kappa shape index (κ1) is 16.6. The van der Waals surface area contributed by atoms with E-state index < -0.39 is 11.9 Å². The Morgan fingerprint density at radius 3 is 2.65 bits per heavy atom. The fourth-order valence-corrected chi connectivity index (χ4v) is 4.16. The molecule has 2 unspecified atom stereocenters. The van der Waals surface area contributed by atoms with Crippen LogP contribution >= 0.6 is 23.2 Å². The normalized spacial score (nSPS) is 30.1. The number of hydrogen-bond acceptors (Lipinski definition) is 2. The summed E-state index contributed by atoms with van der Waals surface area (Å²) < 4.78 is 0. The summed E-state index contributed by atoms with van der Waals surface area (Å²) in [6.45, 7) is 2.48. The van der Waals surface area contributed by atoms with Gasteiger partial charge in [-0.05, 0) is 49.8 Å². The van der Waals surface area contributed by atoms with E-state index in [2.05, 4.69) is 0 Å². The van der Waals surface area contributed by atoms with Gasteiger partial charge in [-0.15, -0.1) is 0 Å². The Hall–Kier alpha value is -1.26. The van der Waals surface area contributed by atoms with Gasteiger partial charge in [0, 0.05) is 28.5 Å². The molecule has 0 bridgehead atoms. The summed E-state index contributed by atoms with van der Waals surface area (Å²) in [7, 11) is 0. The molecule has 2 aliphatic rings. The van der Waals surface area contributed by atoms with Crippen LogP contribution in [-0.4, -0.2) is 34.5 Å². The monoisotopic (exact) mass is 355 g/mol. The third-order valence-electron chi connectivity index (χ3n) is 5.06. The Labute approximate surface area is 145 Å². The number of halogens is 2. The largest absolute Gasteiger partial charge is 0.481 e. The third kappa shape index (κ3) is 3.20. The van der Waals surface area contributed by atoms with Crippen LogP contribution in [-0.2, 0) is 9.59 Å². The number of aliphatic carboxylic acids is 1. The second kappa shape index (κ2) is 6.33. The lowest BCUT2D eigenvalue weighted by Crippen LogP contribution is -2.49. The van der Waals surface area contributed by atoms with Gasteiger partial charge in [-0.1, -0.05) is 29.3 Å². The highest BCUT2D eigenvalue weighted by Crippen LogP contribution is 2.51. The maximum Gasteiger partial charge on any atom is 0.308 e. The summed E-state index contributed by atoms with van der Waals surface area (Å²) in [5.74, 6) is -1.21. The van der Waals surface area contributed by atoms with E-state index in [1.54, 1.807) is 17.0 Å². The standard InChI is InChI=1S/C17H19Cl2NO3/c1-9-11(17(22)23)3-2-6-20(9)16(21)14-8-13(14)12-5-4-10(18)7-15(12)19/h4-5,7,9,11,13-14H,2-3,6,8H2,1H3,(H,22,23)/t9-,11-,13?,14?/m1/s1. The summed E-state index contributed by atoms with van der Waals surface area (Å²) >= 11 is 12.1. The Balaban J connectivity index is 1.71. The molecule has 3 rings (SSSR count). The second-order valence-corrected chi connectivity index (χ2v) is 7.32. The summed E-state index contributed by atoms with van der Waals surface area (Å²) in [6, 6.07) is 5.10. The van der Waals surface area contributed by atoms with Crippen LogP contribution < -0.4 is 0 Å². The van der Waals surface area contributed by atoms with E-state index >= 15 is 0 Å². The summed E-state index contributed by atoms with van der Waals surface area (Å²) in [5, 5.41) is 10.5. The molecule has 0 radical (unpaired) electrons. The van der Waals surface area contributed by atoms with E-state index in [9.17, 15) is 14.7 Å². The molecule has 1 heterocycles. The zero-order valence-electron chi connectivity index (χ0n) is 12.8. The van der Waals surface area contributed by atoms with Gasteiger partial charge >= 0.3 is 5.97 Å². The third-order valence-corrected chi connectivity index (χ3v) is 5.62. The van der Waals surface area contributed by atoms with Crippen LogP contribution in [0, 0.1) is 11.8 Å². The quantitative estimate of drug-likeness (QED) is 0.896. The van der Waals surface area contributed by atoms with Crippen molar-refractivity contribution in [2.75, 3.05) is 6.54 Å². The number of nitrogens with zero attached hydrogens (tertiary/aromatic N) is 1. The highest BCUT2D eigenvalue weighted by molar-refractivity contribution is 6.35. The van der Waals surface area contributed by atoms with Gasteiger partial charge in [-0.3, -0.25) is 9.59 Å². The average Bonchev–Trinajstić information content (AvgIpc) is 3.26. The van der Waals surface area contributed by atoms with Gasteiger partial charge in [0.25, 0.3) is 0 Å². The molecule has 1 aliphatic heterocycles. The molecule has 0 aromatic heterocycles. The maximum atomic E-state index is 12.8. The van der Waals surface area contributed by atoms with E-state index in [0.717, 1.165) is 18.4 Å². The van der Waals surface area contributed by atoms with Crippen molar-refractivity contribution in [3.63, 3.8) is 0 Å². The Kier molecular flexibility index (Phi) is 4.56. The lowest BCUT2D eigenvalue weighted by atomic mass is 9.90. The number of hydrogen-bond donors (Lipinski definition) is 1. The summed E-state index contributed by atoms with van der Waals surface area (Å²) in [4.78, 5) is 25.8. The zero-order chi connectivity index (χ0) is 16.7. The molecule has 0 spiro atoms. The van der Waals surface area contributed by atoms with Crippen LogP contribution in [0.25, 0.3) is 0 Å². The molecule has 6 heteroatoms. The number of benzene rings is 1. The van der Waals surface area contributed by atoms with Gasteiger partial charge in [0.1, 0.15) is 0 Å². The van der Waals surface area contributed by atoms with Crippen LogP contribution in [0.3, 0.4) is 0 Å². The van der Waals surface area contributed by atoms with Crippen molar-refractivity contribution in [2.24, 2.45) is 11.8 Å². The number of piperidine rings is 1. The molecule has 124 valence electrons. The first-order valence-corrected chi connectivity index (χ1v) is 8.64. The zero-order valence-corrected chi connectivity index (χ0v) is 14.3. The van der Waals surface area contributed by atoms with E-state index in [-0.39, 0.29) is 23.8 Å². The fraction of sp³-hybridized carbons (Fsp3) is 0.529. The van der Waals surface area contributed by atoms with Crippen molar-refractivity contribution in [1.29, 1.82) is 0 Å². The minimum absolute atomic E-state index is 0.0551. The number of carbonyl (C=O) groups excluding carboxylic acids is 1. The van der Waals surface area contributed by atoms with Gasteiger partial charge in [-0.25, -0.2) is 0 Å². The first-order valence-electron chi connectivity index (χ1n) is 7.88. The lowest BCUT2D eigenvalue weighted by Gasteiger charge is -2.37. The number of carbonyl (C=O) groups is 2. The SMILES string of the molecule is C[C@@H]1[C@H](C(=O)O)CCCN1C(=O)C1CC1c1ccc(Cl)cc1Cl. The highest BCUT2D eigenvalue weighted by atomic mass is 35.5. The molecule has 1 amide bonds. The molecule has 1 aliphatic carbocycles. The lowest BCUT2D eigenvalue weighted by molar-refractivity contribution is -0.149. The second-order valence-electron chi connectivity index (χ2n) is 6.47. The number of amides is 1. The molecule has 2 fully saturated rings. The highest BCUT2D eigenvalue weighted by Gasteiger charge is 2.48. The van der Waals surface area contributed by atoms with E-state index in [1.807, 2.05) is 13.0 Å². The number of rotatable bonds is 3. The average molecular weight is 356 g/mol. The van der Waals surface area contributed by atoms with Gasteiger partial charge in [0.2, 0.25) is 5.91 Å². The molecule has 1 aromatic carbocycles. The van der Waals surface area contributed by atoms with Gasteiger partial charge in [-0.2, -0.15) is 0 Å². The van der Waals surface area contributed by atoms with Crippen LogP contribution in [0.4, 0.5) is 0 Å². The van der Waals surface area contributed by atoms with E-state index in [1.165, 1.54) is 0 Å². The molecule has 23 heavy (non-hydrogen) atoms. The van der Waals surface area contributed by atoms with Crippen molar-refractivity contribution in [1.82, 2.24) is 4.90 Å². The van der Waals surface area contributed by atoms with Crippen LogP contribution in [0.15, 0.2) is 18.2 Å². The van der Waals surface area contributed by atoms with Crippen molar-refractivity contribution < 1.29 is 14.7 Å². The maximum absolute atomic E-state index is 12.8. The van der Waals surface area contributed by atoms with Crippen molar-refractivity contribution in [3.05, 3.63) is 33.8 Å². The van der Waals surface area contributed by atoms with Crippen molar-refractivity contribution >= 4 is 35.1 Å². The first-order chi connectivity index (χ1) is 10.9. The molecule has 4 atom stereocenters. The predicted molar refractivity (Wildman–Crippen MR) is 88.8 cm³/mol. The van der Waals surface area contributed by atoms with Gasteiger partial charge in [0.15, 0.2) is 0 Å². The summed E-state index contributed by atoms with van der Waals surface area (Å²) in [5.41, 5.74) is 0.953. The van der Waals surface area contributed by atoms with Crippen molar-refractivity contribution in [3.8, 4) is 0 Å². The molecule has 1 N–H and O–H groups in total. The molecule has 4 nitrogen and oxygen atoms in total. The van der Waals surface area contributed by atoms with E-state index in [4.69, 9.17) is 23.2 Å². The minimum Gasteiger partial charge on any atom is -0.481 e. The topological polar surface area (TPSA) is 57.6 Å². The smallest absolute Gasteiger partial charge is 0.308 e. The summed E-state index contributed by atoms with van der Waals surface area (Å²) in [6.07, 6.45) is 2.14. The predicted octanol–water partition coefficient (Wildman–Crippen LogP) is 3.81. The van der Waals surface area contributed by atoms with Gasteiger partial charge in [0.05, 0.1) is 5.92 Å². The van der Waals surface area contributed by atoms with Crippen LogP contribution in [0.1, 0.15) is 37.7 Å². The van der Waals surface area contributed by atoms with Crippen LogP contribution in [0.5, 0.6) is 0 Å². The van der Waals surface area contributed by atoms with Gasteiger partial charge < -0.3 is 10.0 Å². The number of likely N-dealkylation sites (tertiary alicyclic amines) is 1. The fourth-order valence-electron chi connectivity index (χ4n) is 3.61. The Morgan fingerprint density at radius 1 is 1.26 bits per heavy atom. The van der Waals surface area contributed by atoms with Crippen molar-refractivity contribution in [2.45, 2.75) is 38.1 Å².